The van der Waals surface area contributed by atoms with E-state index >= 15 is 0 Å². The van der Waals surface area contributed by atoms with E-state index in [1.54, 1.807) is 0 Å². The van der Waals surface area contributed by atoms with Crippen molar-refractivity contribution in [1.29, 1.82) is 0 Å². The number of benzene rings is 5. The average molecular weight is 416 g/mol. The first-order chi connectivity index (χ1) is 15.8. The van der Waals surface area contributed by atoms with Crippen LogP contribution < -0.4 is 0 Å². The van der Waals surface area contributed by atoms with Gasteiger partial charge < -0.3 is 0 Å². The molecule has 1 nitrogen and oxygen atoms in total. The molecule has 0 aromatic heterocycles. The lowest BCUT2D eigenvalue weighted by Gasteiger charge is -2.23. The fourth-order valence-corrected chi connectivity index (χ4v) is 4.47. The summed E-state index contributed by atoms with van der Waals surface area (Å²) >= 11 is 0. The molecule has 0 spiro atoms. The van der Waals surface area contributed by atoms with Gasteiger partial charge >= 0.3 is 0 Å². The lowest BCUT2D eigenvalue weighted by molar-refractivity contribution is 0.272. The Morgan fingerprint density at radius 1 is 0.406 bits per heavy atom. The molecule has 0 unspecified atom stereocenters. The van der Waals surface area contributed by atoms with Crippen molar-refractivity contribution in [3.8, 4) is 0 Å². The zero-order chi connectivity index (χ0) is 21.6. The Hall–Kier alpha value is -3.42. The summed E-state index contributed by atoms with van der Waals surface area (Å²) in [4.78, 5) is 2.60. The minimum atomic E-state index is 0.988. The number of nitrogens with zero attached hydrogens (tertiary/aromatic N) is 1. The van der Waals surface area contributed by atoms with E-state index in [0.717, 1.165) is 32.5 Å². The molecule has 0 amide bonds. The molecule has 5 aromatic carbocycles. The molecular weight excluding hydrogens is 386 g/mol. The first kappa shape index (κ1) is 20.5. The highest BCUT2D eigenvalue weighted by molar-refractivity contribution is 5.83. The Bertz CT molecular complexity index is 1220. The molecule has 158 valence electrons. The molecule has 0 aliphatic carbocycles. The van der Waals surface area contributed by atoms with E-state index in [1.807, 2.05) is 0 Å². The van der Waals surface area contributed by atoms with Gasteiger partial charge in [-0.3, -0.25) is 4.90 Å². The molecule has 0 fully saturated rings. The Labute approximate surface area is 190 Å². The number of hydrogen-bond donors (Lipinski definition) is 0. The van der Waals surface area contributed by atoms with Crippen molar-refractivity contribution >= 4 is 21.5 Å². The zero-order valence-corrected chi connectivity index (χ0v) is 18.5. The van der Waals surface area contributed by atoms with Gasteiger partial charge in [0, 0.05) is 19.6 Å². The van der Waals surface area contributed by atoms with E-state index < -0.39 is 0 Å². The molecule has 5 rings (SSSR count). The second-order valence-electron chi connectivity index (χ2n) is 8.62. The second-order valence-corrected chi connectivity index (χ2v) is 8.62. The maximum Gasteiger partial charge on any atom is 0.0233 e. The van der Waals surface area contributed by atoms with Crippen molar-refractivity contribution in [1.82, 2.24) is 4.90 Å². The maximum absolute atomic E-state index is 2.60. The molecule has 0 heterocycles. The van der Waals surface area contributed by atoms with Crippen LogP contribution in [0.1, 0.15) is 16.7 Å². The largest absolute Gasteiger partial charge is 0.298 e. The Morgan fingerprint density at radius 2 is 0.875 bits per heavy atom. The number of hydrogen-bond acceptors (Lipinski definition) is 1. The van der Waals surface area contributed by atoms with E-state index in [0.29, 0.717) is 0 Å². The molecule has 0 saturated carbocycles. The summed E-state index contributed by atoms with van der Waals surface area (Å²) in [6.07, 6.45) is 2.13. The first-order valence-electron chi connectivity index (χ1n) is 11.6. The third-order valence-corrected chi connectivity index (χ3v) is 6.31. The smallest absolute Gasteiger partial charge is 0.0233 e. The summed E-state index contributed by atoms with van der Waals surface area (Å²) in [7, 11) is 0. The van der Waals surface area contributed by atoms with E-state index in [4.69, 9.17) is 0 Å². The summed E-state index contributed by atoms with van der Waals surface area (Å²) in [6.45, 7) is 3.10. The van der Waals surface area contributed by atoms with Gasteiger partial charge in [0.15, 0.2) is 0 Å². The van der Waals surface area contributed by atoms with Crippen LogP contribution in [0.3, 0.4) is 0 Å². The zero-order valence-electron chi connectivity index (χ0n) is 18.5. The van der Waals surface area contributed by atoms with Gasteiger partial charge in [-0.25, -0.2) is 0 Å². The quantitative estimate of drug-likeness (QED) is 0.257. The van der Waals surface area contributed by atoms with E-state index in [-0.39, 0.29) is 0 Å². The molecule has 0 aliphatic heterocycles. The lowest BCUT2D eigenvalue weighted by Crippen LogP contribution is -2.28. The topological polar surface area (TPSA) is 3.24 Å². The van der Waals surface area contributed by atoms with Crippen LogP contribution in [0.15, 0.2) is 115 Å². The molecule has 0 radical (unpaired) electrons. The summed E-state index contributed by atoms with van der Waals surface area (Å²) in [5, 5.41) is 5.29. The molecule has 0 N–H and O–H groups in total. The summed E-state index contributed by atoms with van der Waals surface area (Å²) in [6, 6.07) is 41.9. The lowest BCUT2D eigenvalue weighted by atomic mass is 10.0. The van der Waals surface area contributed by atoms with Gasteiger partial charge in [-0.15, -0.1) is 0 Å². The van der Waals surface area contributed by atoms with Crippen LogP contribution >= 0.6 is 0 Å². The number of rotatable bonds is 8. The minimum absolute atomic E-state index is 0.988. The highest BCUT2D eigenvalue weighted by Gasteiger charge is 2.08. The van der Waals surface area contributed by atoms with Crippen molar-refractivity contribution in [2.24, 2.45) is 0 Å². The fraction of sp³-hybridized carbons (Fsp3) is 0.161. The molecule has 0 saturated heterocycles. The van der Waals surface area contributed by atoms with Gasteiger partial charge in [-0.05, 0) is 51.1 Å². The Kier molecular flexibility index (Phi) is 6.28. The van der Waals surface area contributed by atoms with Gasteiger partial charge in [-0.2, -0.15) is 0 Å². The van der Waals surface area contributed by atoms with Crippen LogP contribution in [0.4, 0.5) is 0 Å². The first-order valence-corrected chi connectivity index (χ1v) is 11.6. The van der Waals surface area contributed by atoms with Crippen LogP contribution in [0.5, 0.6) is 0 Å². The monoisotopic (exact) mass is 415 g/mol. The van der Waals surface area contributed by atoms with E-state index in [9.17, 15) is 0 Å². The van der Waals surface area contributed by atoms with Crippen LogP contribution in [0.25, 0.3) is 21.5 Å². The third-order valence-electron chi connectivity index (χ3n) is 6.31. The number of fused-ring (bicyclic) bond motifs is 2. The fourth-order valence-electron chi connectivity index (χ4n) is 4.47. The molecule has 1 heteroatoms. The standard InChI is InChI=1S/C31H29N/c1-2-8-27(9-3-1)24-32(20-18-25-14-16-28-10-4-6-12-30(28)22-25)21-19-26-15-17-29-11-5-7-13-31(29)23-26/h1-17,22-23H,18-21,24H2. The van der Waals surface area contributed by atoms with E-state index in [2.05, 4.69) is 120 Å². The molecular formula is C31H29N. The molecule has 0 aliphatic rings. The van der Waals surface area contributed by atoms with Crippen LogP contribution in [-0.2, 0) is 19.4 Å². The van der Waals surface area contributed by atoms with Crippen molar-refractivity contribution in [3.63, 3.8) is 0 Å². The SMILES string of the molecule is c1ccc(CN(CCc2ccc3ccccc3c2)CCc2ccc3ccccc3c2)cc1. The van der Waals surface area contributed by atoms with E-state index in [1.165, 1.54) is 38.2 Å². The average Bonchev–Trinajstić information content (AvgIpc) is 2.86. The minimum Gasteiger partial charge on any atom is -0.298 e. The Balaban J connectivity index is 1.29. The van der Waals surface area contributed by atoms with Gasteiger partial charge in [0.1, 0.15) is 0 Å². The van der Waals surface area contributed by atoms with Crippen LogP contribution in [-0.4, -0.2) is 18.0 Å². The van der Waals surface area contributed by atoms with Crippen LogP contribution in [0.2, 0.25) is 0 Å². The third kappa shape index (κ3) is 5.07. The molecule has 32 heavy (non-hydrogen) atoms. The predicted molar refractivity (Wildman–Crippen MR) is 137 cm³/mol. The Morgan fingerprint density at radius 3 is 1.41 bits per heavy atom. The summed E-state index contributed by atoms with van der Waals surface area (Å²) in [5.74, 6) is 0. The van der Waals surface area contributed by atoms with Crippen molar-refractivity contribution in [2.45, 2.75) is 19.4 Å². The van der Waals surface area contributed by atoms with Crippen molar-refractivity contribution in [3.05, 3.63) is 132 Å². The highest BCUT2D eigenvalue weighted by Crippen LogP contribution is 2.18. The summed E-state index contributed by atoms with van der Waals surface area (Å²) in [5.41, 5.74) is 4.20. The predicted octanol–water partition coefficient (Wildman–Crippen LogP) is 7.28. The van der Waals surface area contributed by atoms with Crippen LogP contribution in [0, 0.1) is 0 Å². The highest BCUT2D eigenvalue weighted by atomic mass is 15.1. The van der Waals surface area contributed by atoms with Gasteiger partial charge in [0.25, 0.3) is 0 Å². The molecule has 0 atom stereocenters. The van der Waals surface area contributed by atoms with Gasteiger partial charge in [-0.1, -0.05) is 115 Å². The maximum atomic E-state index is 2.60. The second kappa shape index (κ2) is 9.80. The van der Waals surface area contributed by atoms with Crippen molar-refractivity contribution in [2.75, 3.05) is 13.1 Å². The van der Waals surface area contributed by atoms with Gasteiger partial charge in [0.05, 0.1) is 0 Å². The molecule has 5 aromatic rings. The van der Waals surface area contributed by atoms with Gasteiger partial charge in [0.2, 0.25) is 0 Å². The van der Waals surface area contributed by atoms with Crippen molar-refractivity contribution < 1.29 is 0 Å². The molecule has 0 bridgehead atoms. The normalized spacial score (nSPS) is 11.4. The summed E-state index contributed by atoms with van der Waals surface area (Å²) < 4.78 is 0.